The molecule has 2 amide bonds. The van der Waals surface area contributed by atoms with E-state index < -0.39 is 0 Å². The van der Waals surface area contributed by atoms with E-state index in [1.165, 1.54) is 0 Å². The van der Waals surface area contributed by atoms with Crippen molar-refractivity contribution in [2.75, 3.05) is 13.7 Å². The van der Waals surface area contributed by atoms with E-state index in [4.69, 9.17) is 9.47 Å². The first kappa shape index (κ1) is 16.1. The minimum Gasteiger partial charge on any atom is -0.493 e. The molecule has 20 heavy (non-hydrogen) atoms. The Bertz CT molecular complexity index is 433. The van der Waals surface area contributed by atoms with Crippen molar-refractivity contribution >= 4 is 6.03 Å². The van der Waals surface area contributed by atoms with Gasteiger partial charge in [0.2, 0.25) is 0 Å². The summed E-state index contributed by atoms with van der Waals surface area (Å²) in [6, 6.07) is 5.49. The molecule has 0 fully saturated rings. The van der Waals surface area contributed by atoms with Crippen LogP contribution in [0.3, 0.4) is 0 Å². The molecule has 1 rings (SSSR count). The maximum absolute atomic E-state index is 11.5. The van der Waals surface area contributed by atoms with Crippen LogP contribution in [-0.2, 0) is 6.54 Å². The van der Waals surface area contributed by atoms with Crippen molar-refractivity contribution in [2.45, 2.75) is 39.8 Å². The van der Waals surface area contributed by atoms with Crippen LogP contribution in [0, 0.1) is 0 Å². The second kappa shape index (κ2) is 8.30. The van der Waals surface area contributed by atoms with E-state index >= 15 is 0 Å². The van der Waals surface area contributed by atoms with Gasteiger partial charge in [-0.25, -0.2) is 4.79 Å². The summed E-state index contributed by atoms with van der Waals surface area (Å²) in [5.41, 5.74) is 0.963. The van der Waals surface area contributed by atoms with Crippen molar-refractivity contribution in [1.82, 2.24) is 10.6 Å². The van der Waals surface area contributed by atoms with Gasteiger partial charge in [0.25, 0.3) is 0 Å². The molecule has 1 aromatic carbocycles. The molecule has 0 saturated carbocycles. The van der Waals surface area contributed by atoms with E-state index in [0.717, 1.165) is 12.0 Å². The van der Waals surface area contributed by atoms with Crippen LogP contribution in [0.5, 0.6) is 11.5 Å². The molecule has 0 heterocycles. The SMILES string of the molecule is CCCNC(=O)NCc1ccc(OC(C)C)c(OC)c1. The fourth-order valence-electron chi connectivity index (χ4n) is 1.66. The molecule has 5 nitrogen and oxygen atoms in total. The van der Waals surface area contributed by atoms with E-state index in [-0.39, 0.29) is 12.1 Å². The van der Waals surface area contributed by atoms with Crippen LogP contribution in [0.25, 0.3) is 0 Å². The summed E-state index contributed by atoms with van der Waals surface area (Å²) in [4.78, 5) is 11.5. The molecule has 0 aliphatic carbocycles. The summed E-state index contributed by atoms with van der Waals surface area (Å²) < 4.78 is 11.0. The molecule has 0 saturated heterocycles. The average molecular weight is 280 g/mol. The molecule has 1 aromatic rings. The molecule has 0 bridgehead atoms. The van der Waals surface area contributed by atoms with Crippen LogP contribution >= 0.6 is 0 Å². The minimum absolute atomic E-state index is 0.0905. The third-order valence-electron chi connectivity index (χ3n) is 2.58. The second-order valence-corrected chi connectivity index (χ2v) is 4.76. The molecule has 0 radical (unpaired) electrons. The molecule has 5 heteroatoms. The van der Waals surface area contributed by atoms with Crippen LogP contribution in [0.15, 0.2) is 18.2 Å². The predicted molar refractivity (Wildman–Crippen MR) is 79.3 cm³/mol. The molecule has 112 valence electrons. The molecule has 0 aliphatic heterocycles. The smallest absolute Gasteiger partial charge is 0.315 e. The van der Waals surface area contributed by atoms with Gasteiger partial charge in [0.05, 0.1) is 13.2 Å². The topological polar surface area (TPSA) is 59.6 Å². The quantitative estimate of drug-likeness (QED) is 0.807. The number of hydrogen-bond donors (Lipinski definition) is 2. The Morgan fingerprint density at radius 1 is 1.25 bits per heavy atom. The van der Waals surface area contributed by atoms with Crippen LogP contribution in [0.4, 0.5) is 4.79 Å². The number of hydrogen-bond acceptors (Lipinski definition) is 3. The summed E-state index contributed by atoms with van der Waals surface area (Å²) >= 11 is 0. The lowest BCUT2D eigenvalue weighted by molar-refractivity contribution is 0.230. The summed E-state index contributed by atoms with van der Waals surface area (Å²) in [5.74, 6) is 1.38. The molecule has 0 spiro atoms. The van der Waals surface area contributed by atoms with E-state index in [1.54, 1.807) is 7.11 Å². The summed E-state index contributed by atoms with van der Waals surface area (Å²) in [6.07, 6.45) is 1.01. The van der Waals surface area contributed by atoms with Gasteiger partial charge in [-0.05, 0) is 38.0 Å². The first-order valence-electron chi connectivity index (χ1n) is 6.92. The summed E-state index contributed by atoms with van der Waals surface area (Å²) in [5, 5.41) is 5.56. The highest BCUT2D eigenvalue weighted by molar-refractivity contribution is 5.73. The normalized spacial score (nSPS) is 10.2. The maximum Gasteiger partial charge on any atom is 0.315 e. The number of carbonyl (C=O) groups is 1. The highest BCUT2D eigenvalue weighted by Crippen LogP contribution is 2.28. The van der Waals surface area contributed by atoms with Crippen molar-refractivity contribution in [3.8, 4) is 11.5 Å². The van der Waals surface area contributed by atoms with E-state index in [1.807, 2.05) is 39.0 Å². The van der Waals surface area contributed by atoms with Crippen molar-refractivity contribution in [3.63, 3.8) is 0 Å². The first-order chi connectivity index (χ1) is 9.56. The lowest BCUT2D eigenvalue weighted by atomic mass is 10.2. The van der Waals surface area contributed by atoms with E-state index in [0.29, 0.717) is 24.6 Å². The Morgan fingerprint density at radius 3 is 2.60 bits per heavy atom. The fourth-order valence-corrected chi connectivity index (χ4v) is 1.66. The van der Waals surface area contributed by atoms with Crippen LogP contribution < -0.4 is 20.1 Å². The number of amides is 2. The monoisotopic (exact) mass is 280 g/mol. The van der Waals surface area contributed by atoms with Gasteiger partial charge in [-0.2, -0.15) is 0 Å². The second-order valence-electron chi connectivity index (χ2n) is 4.76. The molecule has 0 aliphatic rings. The van der Waals surface area contributed by atoms with Gasteiger partial charge < -0.3 is 20.1 Å². The standard InChI is InChI=1S/C15H24N2O3/c1-5-8-16-15(18)17-10-12-6-7-13(20-11(2)3)14(9-12)19-4/h6-7,9,11H,5,8,10H2,1-4H3,(H2,16,17,18). The largest absolute Gasteiger partial charge is 0.493 e. The molecular weight excluding hydrogens is 256 g/mol. The molecule has 0 aromatic heterocycles. The van der Waals surface area contributed by atoms with Gasteiger partial charge >= 0.3 is 6.03 Å². The van der Waals surface area contributed by atoms with Gasteiger partial charge in [-0.15, -0.1) is 0 Å². The molecule has 0 unspecified atom stereocenters. The van der Waals surface area contributed by atoms with Crippen molar-refractivity contribution in [1.29, 1.82) is 0 Å². The zero-order valence-corrected chi connectivity index (χ0v) is 12.7. The third kappa shape index (κ3) is 5.38. The number of ether oxygens (including phenoxy) is 2. The number of nitrogens with one attached hydrogen (secondary N) is 2. The van der Waals surface area contributed by atoms with Gasteiger partial charge in [0, 0.05) is 13.1 Å². The van der Waals surface area contributed by atoms with Crippen LogP contribution in [0.1, 0.15) is 32.8 Å². The Hall–Kier alpha value is -1.91. The zero-order valence-electron chi connectivity index (χ0n) is 12.7. The minimum atomic E-state index is -0.159. The Balaban J connectivity index is 2.61. The van der Waals surface area contributed by atoms with Gasteiger partial charge in [0.15, 0.2) is 11.5 Å². The predicted octanol–water partition coefficient (Wildman–Crippen LogP) is 2.69. The third-order valence-corrected chi connectivity index (χ3v) is 2.58. The lowest BCUT2D eigenvalue weighted by Gasteiger charge is -2.14. The number of carbonyl (C=O) groups excluding carboxylic acids is 1. The van der Waals surface area contributed by atoms with E-state index in [2.05, 4.69) is 10.6 Å². The zero-order chi connectivity index (χ0) is 15.0. The van der Waals surface area contributed by atoms with Gasteiger partial charge in [0.1, 0.15) is 0 Å². The fraction of sp³-hybridized carbons (Fsp3) is 0.533. The van der Waals surface area contributed by atoms with Crippen LogP contribution in [0.2, 0.25) is 0 Å². The van der Waals surface area contributed by atoms with Gasteiger partial charge in [-0.3, -0.25) is 0 Å². The van der Waals surface area contributed by atoms with Gasteiger partial charge in [-0.1, -0.05) is 13.0 Å². The Labute approximate surface area is 120 Å². The maximum atomic E-state index is 11.5. The van der Waals surface area contributed by atoms with Crippen molar-refractivity contribution in [2.24, 2.45) is 0 Å². The Morgan fingerprint density at radius 2 is 2.00 bits per heavy atom. The highest BCUT2D eigenvalue weighted by atomic mass is 16.5. The number of urea groups is 1. The number of benzene rings is 1. The highest BCUT2D eigenvalue weighted by Gasteiger charge is 2.08. The summed E-state index contributed by atoms with van der Waals surface area (Å²) in [7, 11) is 1.60. The first-order valence-corrected chi connectivity index (χ1v) is 6.92. The molecule has 2 N–H and O–H groups in total. The lowest BCUT2D eigenvalue weighted by Crippen LogP contribution is -2.35. The summed E-state index contributed by atoms with van der Waals surface area (Å²) in [6.45, 7) is 7.07. The average Bonchev–Trinajstić information content (AvgIpc) is 2.43. The van der Waals surface area contributed by atoms with E-state index in [9.17, 15) is 4.79 Å². The molecule has 0 atom stereocenters. The number of rotatable bonds is 7. The number of methoxy groups -OCH3 is 1. The van der Waals surface area contributed by atoms with Crippen molar-refractivity contribution < 1.29 is 14.3 Å². The molecular formula is C15H24N2O3. The van der Waals surface area contributed by atoms with Crippen LogP contribution in [-0.4, -0.2) is 25.8 Å². The Kier molecular flexibility index (Phi) is 6.70. The van der Waals surface area contributed by atoms with Crippen molar-refractivity contribution in [3.05, 3.63) is 23.8 Å².